The first-order valence-corrected chi connectivity index (χ1v) is 9.31. The van der Waals surface area contributed by atoms with E-state index in [9.17, 15) is 14.4 Å². The molecule has 0 aliphatic heterocycles. The zero-order valence-corrected chi connectivity index (χ0v) is 16.4. The Kier molecular flexibility index (Phi) is 6.92. The van der Waals surface area contributed by atoms with Gasteiger partial charge in [-0.1, -0.05) is 26.8 Å². The standard InChI is InChI=1S/C20H26N4O4/c1-4-9-28-15-8-7-11(16(17(21)25)18(22)26)10-13(15)19-23-14(6-3)12(5-2)20(27)24-19/h7-8,10,16H,4-6,9H2,1-3H3,(H2,21,25)(H2,22,26)(H,23,24,27). The highest BCUT2D eigenvalue weighted by Crippen LogP contribution is 2.31. The number of nitrogens with two attached hydrogens (primary N) is 2. The van der Waals surface area contributed by atoms with Gasteiger partial charge in [-0.05, 0) is 37.0 Å². The lowest BCUT2D eigenvalue weighted by Crippen LogP contribution is -2.33. The number of carbonyl (C=O) groups is 2. The van der Waals surface area contributed by atoms with Gasteiger partial charge in [-0.3, -0.25) is 14.4 Å². The van der Waals surface area contributed by atoms with Crippen molar-refractivity contribution in [2.45, 2.75) is 46.0 Å². The Labute approximate surface area is 163 Å². The van der Waals surface area contributed by atoms with Crippen LogP contribution in [0.4, 0.5) is 0 Å². The second-order valence-corrected chi connectivity index (χ2v) is 6.39. The summed E-state index contributed by atoms with van der Waals surface area (Å²) in [5, 5.41) is 0. The number of H-pyrrole nitrogens is 1. The quantitative estimate of drug-likeness (QED) is 0.559. The van der Waals surface area contributed by atoms with E-state index in [1.807, 2.05) is 20.8 Å². The van der Waals surface area contributed by atoms with Gasteiger partial charge in [0.15, 0.2) is 0 Å². The summed E-state index contributed by atoms with van der Waals surface area (Å²) < 4.78 is 5.77. The molecule has 0 radical (unpaired) electrons. The summed E-state index contributed by atoms with van der Waals surface area (Å²) in [6, 6.07) is 4.75. The average molecular weight is 386 g/mol. The molecule has 0 saturated heterocycles. The summed E-state index contributed by atoms with van der Waals surface area (Å²) in [7, 11) is 0. The normalized spacial score (nSPS) is 10.9. The number of ether oxygens (including phenoxy) is 1. The van der Waals surface area contributed by atoms with Crippen LogP contribution in [-0.2, 0) is 22.4 Å². The molecule has 0 aliphatic rings. The number of benzene rings is 1. The maximum Gasteiger partial charge on any atom is 0.254 e. The number of hydrogen-bond acceptors (Lipinski definition) is 5. The molecule has 8 nitrogen and oxygen atoms in total. The average Bonchev–Trinajstić information content (AvgIpc) is 2.65. The van der Waals surface area contributed by atoms with Gasteiger partial charge in [0.2, 0.25) is 11.8 Å². The van der Waals surface area contributed by atoms with E-state index >= 15 is 0 Å². The Bertz CT molecular complexity index is 922. The van der Waals surface area contributed by atoms with Crippen molar-refractivity contribution in [2.24, 2.45) is 11.5 Å². The van der Waals surface area contributed by atoms with Gasteiger partial charge in [-0.15, -0.1) is 0 Å². The van der Waals surface area contributed by atoms with Gasteiger partial charge in [-0.2, -0.15) is 0 Å². The van der Waals surface area contributed by atoms with Crippen LogP contribution in [0.5, 0.6) is 5.75 Å². The summed E-state index contributed by atoms with van der Waals surface area (Å²) in [4.78, 5) is 43.3. The third kappa shape index (κ3) is 4.39. The van der Waals surface area contributed by atoms with E-state index < -0.39 is 17.7 Å². The molecule has 1 aromatic heterocycles. The zero-order valence-electron chi connectivity index (χ0n) is 16.4. The van der Waals surface area contributed by atoms with Gasteiger partial charge in [0.1, 0.15) is 17.5 Å². The van der Waals surface area contributed by atoms with Crippen LogP contribution in [-0.4, -0.2) is 28.4 Å². The Morgan fingerprint density at radius 3 is 2.36 bits per heavy atom. The zero-order chi connectivity index (χ0) is 20.8. The highest BCUT2D eigenvalue weighted by Gasteiger charge is 2.26. The summed E-state index contributed by atoms with van der Waals surface area (Å²) >= 11 is 0. The van der Waals surface area contributed by atoms with Gasteiger partial charge in [0.05, 0.1) is 17.9 Å². The molecule has 28 heavy (non-hydrogen) atoms. The molecule has 1 heterocycles. The number of aromatic amines is 1. The van der Waals surface area contributed by atoms with Gasteiger partial charge >= 0.3 is 0 Å². The van der Waals surface area contributed by atoms with E-state index in [-0.39, 0.29) is 5.56 Å². The predicted molar refractivity (Wildman–Crippen MR) is 106 cm³/mol. The molecule has 0 bridgehead atoms. The minimum absolute atomic E-state index is 0.224. The highest BCUT2D eigenvalue weighted by molar-refractivity contribution is 6.04. The van der Waals surface area contributed by atoms with Crippen LogP contribution >= 0.6 is 0 Å². The van der Waals surface area contributed by atoms with Gasteiger partial charge in [0.25, 0.3) is 5.56 Å². The first-order valence-electron chi connectivity index (χ1n) is 9.31. The molecular weight excluding hydrogens is 360 g/mol. The van der Waals surface area contributed by atoms with Crippen LogP contribution < -0.4 is 21.8 Å². The fraction of sp³-hybridized carbons (Fsp3) is 0.400. The number of nitrogens with one attached hydrogen (secondary N) is 1. The van der Waals surface area contributed by atoms with Crippen molar-refractivity contribution in [3.05, 3.63) is 45.4 Å². The van der Waals surface area contributed by atoms with Crippen LogP contribution in [0.1, 0.15) is 49.9 Å². The molecule has 0 saturated carbocycles. The van der Waals surface area contributed by atoms with Gasteiger partial charge < -0.3 is 21.2 Å². The van der Waals surface area contributed by atoms with Crippen molar-refractivity contribution in [3.8, 4) is 17.1 Å². The minimum atomic E-state index is -1.29. The minimum Gasteiger partial charge on any atom is -0.493 e. The number of carbonyl (C=O) groups excluding carboxylic acids is 2. The molecule has 2 rings (SSSR count). The largest absolute Gasteiger partial charge is 0.493 e. The van der Waals surface area contributed by atoms with E-state index in [0.717, 1.165) is 6.42 Å². The molecule has 8 heteroatoms. The van der Waals surface area contributed by atoms with Crippen LogP contribution in [0.3, 0.4) is 0 Å². The second kappa shape index (κ2) is 9.16. The van der Waals surface area contributed by atoms with Crippen molar-refractivity contribution in [3.63, 3.8) is 0 Å². The summed E-state index contributed by atoms with van der Waals surface area (Å²) in [6.45, 7) is 6.24. The maximum atomic E-state index is 12.5. The Morgan fingerprint density at radius 1 is 1.14 bits per heavy atom. The molecule has 2 amide bonds. The third-order valence-corrected chi connectivity index (χ3v) is 4.41. The van der Waals surface area contributed by atoms with Crippen molar-refractivity contribution in [1.29, 1.82) is 0 Å². The fourth-order valence-corrected chi connectivity index (χ4v) is 3.05. The molecule has 0 spiro atoms. The Hall–Kier alpha value is -3.16. The van der Waals surface area contributed by atoms with E-state index in [2.05, 4.69) is 9.97 Å². The number of hydrogen-bond donors (Lipinski definition) is 3. The molecule has 0 aliphatic carbocycles. The number of amides is 2. The first kappa shape index (κ1) is 21.1. The van der Waals surface area contributed by atoms with E-state index in [1.54, 1.807) is 18.2 Å². The van der Waals surface area contributed by atoms with Gasteiger partial charge in [-0.25, -0.2) is 4.98 Å². The Morgan fingerprint density at radius 2 is 1.82 bits per heavy atom. The lowest BCUT2D eigenvalue weighted by Gasteiger charge is -2.16. The van der Waals surface area contributed by atoms with Crippen LogP contribution in [0.2, 0.25) is 0 Å². The van der Waals surface area contributed by atoms with E-state index in [1.165, 1.54) is 0 Å². The monoisotopic (exact) mass is 386 g/mol. The predicted octanol–water partition coefficient (Wildman–Crippen LogP) is 1.40. The number of primary amides is 2. The van der Waals surface area contributed by atoms with Crippen molar-refractivity contribution < 1.29 is 14.3 Å². The lowest BCUT2D eigenvalue weighted by atomic mass is 9.95. The smallest absolute Gasteiger partial charge is 0.254 e. The SMILES string of the molecule is CCCOc1ccc(C(C(N)=O)C(N)=O)cc1-c1nc(CC)c(CC)c(=O)[nH]1. The van der Waals surface area contributed by atoms with E-state index in [0.29, 0.717) is 53.4 Å². The molecule has 150 valence electrons. The topological polar surface area (TPSA) is 141 Å². The third-order valence-electron chi connectivity index (χ3n) is 4.41. The molecule has 0 atom stereocenters. The molecule has 0 fully saturated rings. The molecule has 0 unspecified atom stereocenters. The van der Waals surface area contributed by atoms with Gasteiger partial charge in [0, 0.05) is 5.56 Å². The molecule has 5 N–H and O–H groups in total. The van der Waals surface area contributed by atoms with Crippen molar-refractivity contribution >= 4 is 11.8 Å². The summed E-state index contributed by atoms with van der Waals surface area (Å²) in [5.74, 6) is -2.20. The maximum absolute atomic E-state index is 12.5. The Balaban J connectivity index is 2.70. The first-order chi connectivity index (χ1) is 13.3. The molecule has 2 aromatic rings. The summed E-state index contributed by atoms with van der Waals surface area (Å²) in [5.41, 5.74) is 12.6. The summed E-state index contributed by atoms with van der Waals surface area (Å²) in [6.07, 6.45) is 1.94. The molecular formula is C20H26N4O4. The lowest BCUT2D eigenvalue weighted by molar-refractivity contribution is -0.128. The number of aromatic nitrogens is 2. The van der Waals surface area contributed by atoms with Crippen molar-refractivity contribution in [2.75, 3.05) is 6.61 Å². The van der Waals surface area contributed by atoms with E-state index in [4.69, 9.17) is 16.2 Å². The van der Waals surface area contributed by atoms with Crippen molar-refractivity contribution in [1.82, 2.24) is 9.97 Å². The second-order valence-electron chi connectivity index (χ2n) is 6.39. The van der Waals surface area contributed by atoms with Crippen LogP contribution in [0.25, 0.3) is 11.4 Å². The molecule has 1 aromatic carbocycles. The fourth-order valence-electron chi connectivity index (χ4n) is 3.05. The number of rotatable bonds is 9. The number of aryl methyl sites for hydroxylation is 1. The number of nitrogens with zero attached hydrogens (tertiary/aromatic N) is 1. The van der Waals surface area contributed by atoms with Crippen LogP contribution in [0, 0.1) is 0 Å². The van der Waals surface area contributed by atoms with Crippen LogP contribution in [0.15, 0.2) is 23.0 Å². The highest BCUT2D eigenvalue weighted by atomic mass is 16.5.